The van der Waals surface area contributed by atoms with E-state index in [0.717, 1.165) is 17.3 Å². The lowest BCUT2D eigenvalue weighted by Crippen LogP contribution is -2.39. The Hall–Kier alpha value is -1.23. The van der Waals surface area contributed by atoms with Gasteiger partial charge in [-0.3, -0.25) is 0 Å². The van der Waals surface area contributed by atoms with Crippen molar-refractivity contribution in [3.8, 4) is 0 Å². The molecule has 0 aliphatic carbocycles. The second kappa shape index (κ2) is 13.9. The van der Waals surface area contributed by atoms with Crippen LogP contribution in [0, 0.1) is 0 Å². The molecule has 0 unspecified atom stereocenters. The van der Waals surface area contributed by atoms with Crippen molar-refractivity contribution in [1.82, 2.24) is 0 Å². The van der Waals surface area contributed by atoms with Gasteiger partial charge in [0.1, 0.15) is 13.2 Å². The van der Waals surface area contributed by atoms with E-state index in [1.165, 1.54) is 44.2 Å². The summed E-state index contributed by atoms with van der Waals surface area (Å²) in [4.78, 5) is 0. The fraction of sp³-hybridized carbons (Fsp3) is 0.737. The highest BCUT2D eigenvalue weighted by molar-refractivity contribution is 8.13. The number of alkyl halides is 6. The number of aromatic nitrogens is 1. The average Bonchev–Trinajstić information content (AvgIpc) is 2.67. The van der Waals surface area contributed by atoms with Crippen LogP contribution < -0.4 is 4.57 Å². The number of sulfonamides is 2. The van der Waals surface area contributed by atoms with Crippen LogP contribution >= 0.6 is 0 Å². The second-order valence-corrected chi connectivity index (χ2v) is 16.4. The van der Waals surface area contributed by atoms with Crippen LogP contribution in [0.25, 0.3) is 4.13 Å². The van der Waals surface area contributed by atoms with Gasteiger partial charge in [0.15, 0.2) is 34.6 Å². The van der Waals surface area contributed by atoms with Gasteiger partial charge in [-0.1, -0.05) is 38.7 Å². The molecular formula is C19H32F6N2O5S2Si. The van der Waals surface area contributed by atoms with Crippen molar-refractivity contribution >= 4 is 28.4 Å². The molecule has 35 heavy (non-hydrogen) atoms. The Morgan fingerprint density at radius 2 is 1.34 bits per heavy atom. The molecule has 0 aliphatic rings. The first-order chi connectivity index (χ1) is 15.7. The topological polar surface area (TPSA) is 95.5 Å². The summed E-state index contributed by atoms with van der Waals surface area (Å²) in [5.41, 5.74) is -11.1. The molecule has 0 bridgehead atoms. The molecule has 1 aromatic heterocycles. The van der Waals surface area contributed by atoms with Crippen LogP contribution in [0.5, 0.6) is 0 Å². The molecule has 0 aromatic carbocycles. The third-order valence-corrected chi connectivity index (χ3v) is 7.97. The van der Waals surface area contributed by atoms with E-state index >= 15 is 0 Å². The number of hydrogen-bond donors (Lipinski definition) is 0. The molecule has 16 heteroatoms. The second-order valence-electron chi connectivity index (χ2n) is 8.47. The summed E-state index contributed by atoms with van der Waals surface area (Å²) in [6.45, 7) is 10.9. The van der Waals surface area contributed by atoms with E-state index in [9.17, 15) is 43.2 Å². The Balaban J connectivity index is 0.000000691. The molecule has 7 nitrogen and oxygen atoms in total. The van der Waals surface area contributed by atoms with Gasteiger partial charge >= 0.3 is 11.0 Å². The van der Waals surface area contributed by atoms with Crippen molar-refractivity contribution in [1.29, 1.82) is 0 Å². The maximum atomic E-state index is 11.4. The Morgan fingerprint density at radius 1 is 0.857 bits per heavy atom. The van der Waals surface area contributed by atoms with E-state index in [-0.39, 0.29) is 0 Å². The molecule has 0 spiro atoms. The largest absolute Gasteiger partial charge is 0.480 e. The lowest BCUT2D eigenvalue weighted by atomic mass is 10.1. The zero-order valence-electron chi connectivity index (χ0n) is 20.0. The van der Waals surface area contributed by atoms with E-state index in [4.69, 9.17) is 4.43 Å². The molecule has 0 radical (unpaired) electrons. The number of unbranched alkanes of at least 4 members (excludes halogenated alkanes) is 5. The average molecular weight is 575 g/mol. The normalized spacial score (nSPS) is 13.3. The summed E-state index contributed by atoms with van der Waals surface area (Å²) in [6.07, 6.45) is 10.3. The summed E-state index contributed by atoms with van der Waals surface area (Å²) in [7, 11) is -14.9. The van der Waals surface area contributed by atoms with Crippen LogP contribution in [-0.2, 0) is 37.6 Å². The molecule has 1 aromatic rings. The van der Waals surface area contributed by atoms with Crippen LogP contribution in [0.15, 0.2) is 24.4 Å². The Morgan fingerprint density at radius 3 is 1.80 bits per heavy atom. The standard InChI is InChI=1S/C17H32NOSi.C2F6NO4S2/c1-5-6-7-8-9-11-14-18-15-12-10-13-17(18)16-19-20(2,3)4;3-1(4,5)14(10,11)9-15(12,13)2(6,7)8/h10,12-13,15H,5-9,11,14,16H2,1-4H3;/q+1;-1. The Labute approximate surface area is 204 Å². The molecule has 1 rings (SSSR count). The smallest absolute Gasteiger partial charge is 0.421 e. The van der Waals surface area contributed by atoms with Crippen molar-refractivity contribution in [3.63, 3.8) is 0 Å². The third-order valence-electron chi connectivity index (χ3n) is 4.22. The molecule has 0 aliphatic heterocycles. The highest BCUT2D eigenvalue weighted by atomic mass is 32.3. The van der Waals surface area contributed by atoms with E-state index < -0.39 is 39.4 Å². The fourth-order valence-electron chi connectivity index (χ4n) is 2.43. The molecule has 0 atom stereocenters. The van der Waals surface area contributed by atoms with Crippen molar-refractivity contribution in [2.45, 2.75) is 89.3 Å². The summed E-state index contributed by atoms with van der Waals surface area (Å²) >= 11 is 0. The number of nitrogens with zero attached hydrogens (tertiary/aromatic N) is 2. The minimum absolute atomic E-state index is 0.756. The number of aryl methyl sites for hydroxylation is 1. The maximum Gasteiger partial charge on any atom is 0.480 e. The number of halogens is 6. The highest BCUT2D eigenvalue weighted by Crippen LogP contribution is 2.36. The lowest BCUT2D eigenvalue weighted by molar-refractivity contribution is -0.706. The Kier molecular flexibility index (Phi) is 13.4. The first kappa shape index (κ1) is 33.8. The Bertz CT molecular complexity index is 937. The molecular weight excluding hydrogens is 542 g/mol. The third kappa shape index (κ3) is 13.6. The van der Waals surface area contributed by atoms with Gasteiger partial charge in [-0.15, -0.1) is 0 Å². The van der Waals surface area contributed by atoms with Crippen LogP contribution in [0.2, 0.25) is 19.6 Å². The van der Waals surface area contributed by atoms with E-state index in [2.05, 4.69) is 55.5 Å². The van der Waals surface area contributed by atoms with Gasteiger partial charge in [0.25, 0.3) is 0 Å². The number of hydrogen-bond acceptors (Lipinski definition) is 5. The van der Waals surface area contributed by atoms with Gasteiger partial charge in [0, 0.05) is 18.6 Å². The van der Waals surface area contributed by atoms with Gasteiger partial charge in [0.05, 0.1) is 0 Å². The molecule has 0 saturated carbocycles. The van der Waals surface area contributed by atoms with Crippen LogP contribution in [0.3, 0.4) is 0 Å². The monoisotopic (exact) mass is 574 g/mol. The van der Waals surface area contributed by atoms with Crippen LogP contribution in [-0.4, -0.2) is 36.2 Å². The van der Waals surface area contributed by atoms with E-state index in [0.29, 0.717) is 0 Å². The van der Waals surface area contributed by atoms with Gasteiger partial charge in [-0.05, 0) is 26.1 Å². The van der Waals surface area contributed by atoms with Crippen LogP contribution in [0.1, 0.15) is 51.1 Å². The summed E-state index contributed by atoms with van der Waals surface area (Å²) in [5.74, 6) is 0. The zero-order chi connectivity index (χ0) is 27.6. The van der Waals surface area contributed by atoms with Crippen molar-refractivity contribution in [2.24, 2.45) is 0 Å². The molecule has 206 valence electrons. The summed E-state index contributed by atoms with van der Waals surface area (Å²) in [6, 6.07) is 6.42. The minimum Gasteiger partial charge on any atom is -0.421 e. The SMILES string of the molecule is CCCCCCCC[n+]1ccccc1CO[Si](C)(C)C.O=S(=O)([N-]S(=O)(=O)C(F)(F)F)C(F)(F)F. The van der Waals surface area contributed by atoms with Gasteiger partial charge in [-0.2, -0.15) is 26.3 Å². The quantitative estimate of drug-likeness (QED) is 0.137. The lowest BCUT2D eigenvalue weighted by Gasteiger charge is -2.22. The van der Waals surface area contributed by atoms with Gasteiger partial charge < -0.3 is 8.55 Å². The predicted molar refractivity (Wildman–Crippen MR) is 121 cm³/mol. The number of pyridine rings is 1. The predicted octanol–water partition coefficient (Wildman–Crippen LogP) is 5.75. The first-order valence-corrected chi connectivity index (χ1v) is 17.0. The zero-order valence-corrected chi connectivity index (χ0v) is 22.6. The highest BCUT2D eigenvalue weighted by Gasteiger charge is 2.46. The summed E-state index contributed by atoms with van der Waals surface area (Å²) in [5, 5.41) is 0. The molecule has 0 saturated heterocycles. The number of rotatable bonds is 12. The molecule has 0 amide bonds. The van der Waals surface area contributed by atoms with Crippen LogP contribution in [0.4, 0.5) is 26.3 Å². The first-order valence-electron chi connectivity index (χ1n) is 10.7. The summed E-state index contributed by atoms with van der Waals surface area (Å²) < 4.78 is 118. The molecule has 0 N–H and O–H groups in total. The van der Waals surface area contributed by atoms with Crippen molar-refractivity contribution in [2.75, 3.05) is 0 Å². The van der Waals surface area contributed by atoms with E-state index in [1.54, 1.807) is 0 Å². The van der Waals surface area contributed by atoms with Crippen molar-refractivity contribution < 1.29 is 52.2 Å². The van der Waals surface area contributed by atoms with Gasteiger partial charge in [0.2, 0.25) is 5.69 Å². The van der Waals surface area contributed by atoms with Crippen molar-refractivity contribution in [3.05, 3.63) is 34.2 Å². The molecule has 1 heterocycles. The molecule has 0 fully saturated rings. The van der Waals surface area contributed by atoms with E-state index in [1.807, 2.05) is 0 Å². The maximum absolute atomic E-state index is 11.4. The minimum atomic E-state index is -6.72. The van der Waals surface area contributed by atoms with Gasteiger partial charge in [-0.25, -0.2) is 21.4 Å². The fourth-order valence-corrected chi connectivity index (χ4v) is 4.72.